The van der Waals surface area contributed by atoms with E-state index in [-0.39, 0.29) is 0 Å². The van der Waals surface area contributed by atoms with Crippen LogP contribution in [0.4, 0.5) is 0 Å². The van der Waals surface area contributed by atoms with Crippen molar-refractivity contribution in [2.24, 2.45) is 0 Å². The molecule has 0 aliphatic carbocycles. The molecule has 1 atom stereocenters. The van der Waals surface area contributed by atoms with Gasteiger partial charge in [0, 0.05) is 10.6 Å². The van der Waals surface area contributed by atoms with Crippen molar-refractivity contribution in [3.8, 4) is 0 Å². The molecule has 0 saturated carbocycles. The maximum atomic E-state index is 10.2. The molecule has 1 N–H and O–H groups in total. The van der Waals surface area contributed by atoms with E-state index >= 15 is 0 Å². The van der Waals surface area contributed by atoms with Gasteiger partial charge in [-0.1, -0.05) is 59.1 Å². The maximum absolute atomic E-state index is 10.2. The lowest BCUT2D eigenvalue weighted by atomic mass is 10.0. The molecule has 0 aliphatic rings. The smallest absolute Gasteiger partial charge is 0.106 e. The Morgan fingerprint density at radius 3 is 2.35 bits per heavy atom. The Morgan fingerprint density at radius 1 is 0.941 bits per heavy atom. The second kappa shape index (κ2) is 5.28. The quantitative estimate of drug-likeness (QED) is 0.846. The number of benzene rings is 2. The molecule has 2 aromatic carbocycles. The van der Waals surface area contributed by atoms with Gasteiger partial charge in [-0.2, -0.15) is 0 Å². The molecule has 0 amide bonds. The molecule has 2 rings (SSSR count). The van der Waals surface area contributed by atoms with E-state index in [0.717, 1.165) is 0 Å². The van der Waals surface area contributed by atoms with Gasteiger partial charge in [-0.15, -0.1) is 0 Å². The lowest BCUT2D eigenvalue weighted by molar-refractivity contribution is 0.220. The van der Waals surface area contributed by atoms with Gasteiger partial charge in [0.1, 0.15) is 6.10 Å². The molecule has 4 heteroatoms. The number of hydrogen-bond donors (Lipinski definition) is 1. The van der Waals surface area contributed by atoms with Crippen LogP contribution in [-0.4, -0.2) is 5.11 Å². The van der Waals surface area contributed by atoms with E-state index in [1.807, 2.05) is 0 Å². The summed E-state index contributed by atoms with van der Waals surface area (Å²) in [5.41, 5.74) is 1.25. The first-order valence-electron chi connectivity index (χ1n) is 4.97. The van der Waals surface area contributed by atoms with E-state index in [2.05, 4.69) is 0 Å². The number of aliphatic hydroxyl groups is 1. The number of aliphatic hydroxyl groups excluding tert-OH is 1. The Balaban J connectivity index is 2.44. The Morgan fingerprint density at radius 2 is 1.65 bits per heavy atom. The van der Waals surface area contributed by atoms with Crippen LogP contribution in [-0.2, 0) is 0 Å². The standard InChI is InChI=1S/C13H9Cl3O/c14-9-4-1-3-8(7-9)13(17)10-5-2-6-11(15)12(10)16/h1-7,13,17H. The van der Waals surface area contributed by atoms with Crippen molar-refractivity contribution in [3.05, 3.63) is 68.7 Å². The molecule has 0 spiro atoms. The SMILES string of the molecule is OC(c1cccc(Cl)c1)c1cccc(Cl)c1Cl. The summed E-state index contributed by atoms with van der Waals surface area (Å²) in [5, 5.41) is 11.6. The number of hydrogen-bond acceptors (Lipinski definition) is 1. The summed E-state index contributed by atoms with van der Waals surface area (Å²) in [6.07, 6.45) is -0.833. The van der Waals surface area contributed by atoms with E-state index in [4.69, 9.17) is 34.8 Å². The Hall–Kier alpha value is -0.730. The zero-order valence-electron chi connectivity index (χ0n) is 8.70. The minimum absolute atomic E-state index is 0.363. The molecule has 0 radical (unpaired) electrons. The molecule has 0 heterocycles. The minimum Gasteiger partial charge on any atom is -0.384 e. The Kier molecular flexibility index (Phi) is 3.95. The average molecular weight is 288 g/mol. The van der Waals surface area contributed by atoms with Crippen molar-refractivity contribution in [1.29, 1.82) is 0 Å². The summed E-state index contributed by atoms with van der Waals surface area (Å²) < 4.78 is 0. The average Bonchev–Trinajstić information content (AvgIpc) is 2.32. The molecular formula is C13H9Cl3O. The first-order valence-corrected chi connectivity index (χ1v) is 6.10. The zero-order chi connectivity index (χ0) is 12.4. The molecular weight excluding hydrogens is 279 g/mol. The highest BCUT2D eigenvalue weighted by atomic mass is 35.5. The van der Waals surface area contributed by atoms with Crippen LogP contribution in [0.15, 0.2) is 42.5 Å². The second-order valence-electron chi connectivity index (χ2n) is 3.60. The van der Waals surface area contributed by atoms with Crippen LogP contribution < -0.4 is 0 Å². The highest BCUT2D eigenvalue weighted by molar-refractivity contribution is 6.42. The summed E-state index contributed by atoms with van der Waals surface area (Å²) in [4.78, 5) is 0. The van der Waals surface area contributed by atoms with Gasteiger partial charge < -0.3 is 5.11 Å². The first kappa shape index (κ1) is 12.7. The normalized spacial score (nSPS) is 12.5. The van der Waals surface area contributed by atoms with Crippen LogP contribution in [0.1, 0.15) is 17.2 Å². The largest absolute Gasteiger partial charge is 0.384 e. The Bertz CT molecular complexity index is 540. The fraction of sp³-hybridized carbons (Fsp3) is 0.0769. The van der Waals surface area contributed by atoms with E-state index in [1.165, 1.54) is 0 Å². The maximum Gasteiger partial charge on any atom is 0.106 e. The predicted octanol–water partition coefficient (Wildman–Crippen LogP) is 4.73. The molecule has 1 unspecified atom stereocenters. The van der Waals surface area contributed by atoms with Crippen LogP contribution in [0.3, 0.4) is 0 Å². The van der Waals surface area contributed by atoms with Crippen molar-refractivity contribution >= 4 is 34.8 Å². The number of halogens is 3. The molecule has 0 aromatic heterocycles. The van der Waals surface area contributed by atoms with Gasteiger partial charge in [-0.3, -0.25) is 0 Å². The highest BCUT2D eigenvalue weighted by Crippen LogP contribution is 2.33. The summed E-state index contributed by atoms with van der Waals surface area (Å²) in [6, 6.07) is 12.2. The van der Waals surface area contributed by atoms with Crippen molar-refractivity contribution in [1.82, 2.24) is 0 Å². The predicted molar refractivity (Wildman–Crippen MR) is 72.0 cm³/mol. The highest BCUT2D eigenvalue weighted by Gasteiger charge is 2.15. The van der Waals surface area contributed by atoms with Gasteiger partial charge >= 0.3 is 0 Å². The molecule has 0 fully saturated rings. The molecule has 1 nitrogen and oxygen atoms in total. The molecule has 0 bridgehead atoms. The van der Waals surface area contributed by atoms with Crippen LogP contribution in [0.2, 0.25) is 15.1 Å². The van der Waals surface area contributed by atoms with Crippen LogP contribution in [0, 0.1) is 0 Å². The molecule has 0 saturated heterocycles. The zero-order valence-corrected chi connectivity index (χ0v) is 11.0. The summed E-state index contributed by atoms with van der Waals surface area (Å²) in [6.45, 7) is 0. The third-order valence-corrected chi connectivity index (χ3v) is 3.51. The fourth-order valence-electron chi connectivity index (χ4n) is 1.59. The lowest BCUT2D eigenvalue weighted by Crippen LogP contribution is -2.00. The van der Waals surface area contributed by atoms with Crippen molar-refractivity contribution < 1.29 is 5.11 Å². The van der Waals surface area contributed by atoms with Gasteiger partial charge in [-0.05, 0) is 23.8 Å². The second-order valence-corrected chi connectivity index (χ2v) is 4.82. The van der Waals surface area contributed by atoms with Gasteiger partial charge in [0.05, 0.1) is 10.0 Å². The number of rotatable bonds is 2. The van der Waals surface area contributed by atoms with E-state index in [9.17, 15) is 5.11 Å². The molecule has 2 aromatic rings. The van der Waals surface area contributed by atoms with Gasteiger partial charge in [0.15, 0.2) is 0 Å². The summed E-state index contributed by atoms with van der Waals surface area (Å²) >= 11 is 17.8. The van der Waals surface area contributed by atoms with Crippen LogP contribution >= 0.6 is 34.8 Å². The van der Waals surface area contributed by atoms with E-state index < -0.39 is 6.10 Å². The fourth-order valence-corrected chi connectivity index (χ4v) is 2.20. The van der Waals surface area contributed by atoms with Gasteiger partial charge in [0.25, 0.3) is 0 Å². The summed E-state index contributed by atoms with van der Waals surface area (Å²) in [5.74, 6) is 0. The monoisotopic (exact) mass is 286 g/mol. The first-order chi connectivity index (χ1) is 8.09. The van der Waals surface area contributed by atoms with Crippen molar-refractivity contribution in [2.75, 3.05) is 0 Å². The molecule has 0 aliphatic heterocycles. The van der Waals surface area contributed by atoms with Gasteiger partial charge in [-0.25, -0.2) is 0 Å². The lowest BCUT2D eigenvalue weighted by Gasteiger charge is -2.14. The summed E-state index contributed by atoms with van der Waals surface area (Å²) in [7, 11) is 0. The van der Waals surface area contributed by atoms with Crippen LogP contribution in [0.25, 0.3) is 0 Å². The third kappa shape index (κ3) is 2.75. The third-order valence-electron chi connectivity index (χ3n) is 2.44. The molecule has 17 heavy (non-hydrogen) atoms. The van der Waals surface area contributed by atoms with E-state index in [1.54, 1.807) is 42.5 Å². The van der Waals surface area contributed by atoms with E-state index in [0.29, 0.717) is 26.2 Å². The van der Waals surface area contributed by atoms with Gasteiger partial charge in [0.2, 0.25) is 0 Å². The topological polar surface area (TPSA) is 20.2 Å². The molecule has 88 valence electrons. The van der Waals surface area contributed by atoms with Crippen molar-refractivity contribution in [3.63, 3.8) is 0 Å². The van der Waals surface area contributed by atoms with Crippen LogP contribution in [0.5, 0.6) is 0 Å². The van der Waals surface area contributed by atoms with Crippen molar-refractivity contribution in [2.45, 2.75) is 6.10 Å². The minimum atomic E-state index is -0.833. The Labute approximate surface area is 115 Å².